The standard InChI is InChI=1S/C5H8N2/c6-4-2-1-3-5(4)7/h1-4H,6-7H2. The maximum atomic E-state index is 5.40. The van der Waals surface area contributed by atoms with Crippen molar-refractivity contribution in [2.45, 2.75) is 6.04 Å². The summed E-state index contributed by atoms with van der Waals surface area (Å²) in [5.74, 6) is 0. The molecule has 38 valence electrons. The molecule has 0 amide bonds. The van der Waals surface area contributed by atoms with Crippen molar-refractivity contribution in [2.24, 2.45) is 11.5 Å². The summed E-state index contributed by atoms with van der Waals surface area (Å²) >= 11 is 0. The Bertz CT molecular complexity index is 124. The zero-order chi connectivity index (χ0) is 5.28. The molecule has 1 unspecified atom stereocenters. The minimum atomic E-state index is -0.0278. The van der Waals surface area contributed by atoms with Gasteiger partial charge in [0.1, 0.15) is 0 Å². The second kappa shape index (κ2) is 1.39. The molecule has 2 heteroatoms. The molecule has 0 aromatic rings. The van der Waals surface area contributed by atoms with E-state index in [9.17, 15) is 0 Å². The van der Waals surface area contributed by atoms with Crippen LogP contribution in [0.15, 0.2) is 23.9 Å². The molecule has 7 heavy (non-hydrogen) atoms. The fourth-order valence-electron chi connectivity index (χ4n) is 0.509. The summed E-state index contributed by atoms with van der Waals surface area (Å²) in [4.78, 5) is 0. The van der Waals surface area contributed by atoms with E-state index >= 15 is 0 Å². The molecule has 0 saturated carbocycles. The van der Waals surface area contributed by atoms with Crippen LogP contribution in [0.3, 0.4) is 0 Å². The van der Waals surface area contributed by atoms with E-state index in [1.54, 1.807) is 0 Å². The van der Waals surface area contributed by atoms with Crippen LogP contribution in [-0.2, 0) is 0 Å². The van der Waals surface area contributed by atoms with Gasteiger partial charge in [-0.3, -0.25) is 0 Å². The van der Waals surface area contributed by atoms with Gasteiger partial charge in [0.25, 0.3) is 0 Å². The van der Waals surface area contributed by atoms with Crippen LogP contribution in [0.4, 0.5) is 0 Å². The first-order chi connectivity index (χ1) is 3.30. The van der Waals surface area contributed by atoms with Gasteiger partial charge in [0, 0.05) is 5.70 Å². The van der Waals surface area contributed by atoms with E-state index in [1.165, 1.54) is 0 Å². The number of hydrogen-bond donors (Lipinski definition) is 2. The first-order valence-corrected chi connectivity index (χ1v) is 2.20. The predicted octanol–water partition coefficient (Wildman–Crippen LogP) is -0.274. The van der Waals surface area contributed by atoms with Gasteiger partial charge in [-0.05, 0) is 6.08 Å². The Kier molecular flexibility index (Phi) is 0.872. The van der Waals surface area contributed by atoms with E-state index in [2.05, 4.69) is 0 Å². The smallest absolute Gasteiger partial charge is 0.0631 e. The molecule has 0 spiro atoms. The van der Waals surface area contributed by atoms with E-state index in [0.717, 1.165) is 5.70 Å². The van der Waals surface area contributed by atoms with Crippen molar-refractivity contribution in [2.75, 3.05) is 0 Å². The van der Waals surface area contributed by atoms with Gasteiger partial charge in [0.2, 0.25) is 0 Å². The van der Waals surface area contributed by atoms with Crippen LogP contribution >= 0.6 is 0 Å². The normalized spacial score (nSPS) is 28.1. The third kappa shape index (κ3) is 0.644. The summed E-state index contributed by atoms with van der Waals surface area (Å²) in [6.45, 7) is 0. The lowest BCUT2D eigenvalue weighted by Crippen LogP contribution is -2.22. The van der Waals surface area contributed by atoms with E-state index in [1.807, 2.05) is 18.2 Å². The third-order valence-corrected chi connectivity index (χ3v) is 0.992. The Morgan fingerprint density at radius 3 is 2.43 bits per heavy atom. The van der Waals surface area contributed by atoms with Crippen LogP contribution in [0.5, 0.6) is 0 Å². The van der Waals surface area contributed by atoms with Crippen LogP contribution in [-0.4, -0.2) is 6.04 Å². The molecule has 2 nitrogen and oxygen atoms in total. The van der Waals surface area contributed by atoms with Gasteiger partial charge in [-0.1, -0.05) is 12.2 Å². The average molecular weight is 96.1 g/mol. The van der Waals surface area contributed by atoms with Crippen LogP contribution in [0.2, 0.25) is 0 Å². The van der Waals surface area contributed by atoms with Crippen molar-refractivity contribution in [1.82, 2.24) is 0 Å². The molecule has 0 aromatic carbocycles. The molecule has 0 aliphatic heterocycles. The highest BCUT2D eigenvalue weighted by molar-refractivity contribution is 5.27. The molecule has 1 aliphatic rings. The van der Waals surface area contributed by atoms with Gasteiger partial charge in [-0.2, -0.15) is 0 Å². The van der Waals surface area contributed by atoms with Gasteiger partial charge >= 0.3 is 0 Å². The monoisotopic (exact) mass is 96.1 g/mol. The molecule has 0 heterocycles. The largest absolute Gasteiger partial charge is 0.400 e. The topological polar surface area (TPSA) is 52.0 Å². The molecule has 0 saturated heterocycles. The van der Waals surface area contributed by atoms with Gasteiger partial charge < -0.3 is 11.5 Å². The zero-order valence-electron chi connectivity index (χ0n) is 3.96. The maximum absolute atomic E-state index is 5.40. The summed E-state index contributed by atoms with van der Waals surface area (Å²) in [5.41, 5.74) is 11.5. The molecular formula is C5H8N2. The summed E-state index contributed by atoms with van der Waals surface area (Å²) in [5, 5.41) is 0. The molecule has 1 atom stereocenters. The van der Waals surface area contributed by atoms with Crippen LogP contribution < -0.4 is 11.5 Å². The summed E-state index contributed by atoms with van der Waals surface area (Å²) in [6.07, 6.45) is 5.53. The third-order valence-electron chi connectivity index (χ3n) is 0.992. The van der Waals surface area contributed by atoms with E-state index in [0.29, 0.717) is 0 Å². The summed E-state index contributed by atoms with van der Waals surface area (Å²) in [7, 11) is 0. The van der Waals surface area contributed by atoms with Gasteiger partial charge in [0.15, 0.2) is 0 Å². The highest BCUT2D eigenvalue weighted by atomic mass is 14.7. The average Bonchev–Trinajstić information content (AvgIpc) is 1.91. The number of hydrogen-bond acceptors (Lipinski definition) is 2. The second-order valence-electron chi connectivity index (χ2n) is 1.58. The number of allylic oxidation sites excluding steroid dienone is 2. The predicted molar refractivity (Wildman–Crippen MR) is 29.4 cm³/mol. The van der Waals surface area contributed by atoms with E-state index in [4.69, 9.17) is 11.5 Å². The Morgan fingerprint density at radius 2 is 2.29 bits per heavy atom. The second-order valence-corrected chi connectivity index (χ2v) is 1.58. The highest BCUT2D eigenvalue weighted by Crippen LogP contribution is 2.00. The Labute approximate surface area is 42.5 Å². The molecule has 1 rings (SSSR count). The SMILES string of the molecule is NC1=CC=CC1N. The van der Waals surface area contributed by atoms with E-state index in [-0.39, 0.29) is 6.04 Å². The van der Waals surface area contributed by atoms with E-state index < -0.39 is 0 Å². The molecular weight excluding hydrogens is 88.1 g/mol. The fraction of sp³-hybridized carbons (Fsp3) is 0.200. The number of rotatable bonds is 0. The lowest BCUT2D eigenvalue weighted by molar-refractivity contribution is 0.951. The van der Waals surface area contributed by atoms with Gasteiger partial charge in [-0.15, -0.1) is 0 Å². The van der Waals surface area contributed by atoms with Crippen molar-refractivity contribution in [1.29, 1.82) is 0 Å². The van der Waals surface area contributed by atoms with Crippen LogP contribution in [0.25, 0.3) is 0 Å². The van der Waals surface area contributed by atoms with Gasteiger partial charge in [0.05, 0.1) is 6.04 Å². The quantitative estimate of drug-likeness (QED) is 0.436. The van der Waals surface area contributed by atoms with Crippen LogP contribution in [0, 0.1) is 0 Å². The van der Waals surface area contributed by atoms with Crippen molar-refractivity contribution < 1.29 is 0 Å². The van der Waals surface area contributed by atoms with Crippen LogP contribution in [0.1, 0.15) is 0 Å². The molecule has 1 aliphatic carbocycles. The Hall–Kier alpha value is -0.760. The zero-order valence-corrected chi connectivity index (χ0v) is 3.96. The fourth-order valence-corrected chi connectivity index (χ4v) is 0.509. The summed E-state index contributed by atoms with van der Waals surface area (Å²) < 4.78 is 0. The lowest BCUT2D eigenvalue weighted by atomic mass is 10.3. The molecule has 4 N–H and O–H groups in total. The number of nitrogens with two attached hydrogens (primary N) is 2. The minimum Gasteiger partial charge on any atom is -0.400 e. The molecule has 0 aromatic heterocycles. The first-order valence-electron chi connectivity index (χ1n) is 2.20. The minimum absolute atomic E-state index is 0.0278. The highest BCUT2D eigenvalue weighted by Gasteiger charge is 2.02. The van der Waals surface area contributed by atoms with Gasteiger partial charge in [-0.25, -0.2) is 0 Å². The van der Waals surface area contributed by atoms with Crippen molar-refractivity contribution >= 4 is 0 Å². The Morgan fingerprint density at radius 1 is 1.57 bits per heavy atom. The summed E-state index contributed by atoms with van der Waals surface area (Å²) in [6, 6.07) is -0.0278. The van der Waals surface area contributed by atoms with Crippen molar-refractivity contribution in [3.05, 3.63) is 23.9 Å². The molecule has 0 radical (unpaired) electrons. The van der Waals surface area contributed by atoms with Crippen molar-refractivity contribution in [3.8, 4) is 0 Å². The van der Waals surface area contributed by atoms with Crippen molar-refractivity contribution in [3.63, 3.8) is 0 Å². The first kappa shape index (κ1) is 4.40. The molecule has 0 fully saturated rings. The Balaban J connectivity index is 2.69. The maximum Gasteiger partial charge on any atom is 0.0631 e. The lowest BCUT2D eigenvalue weighted by Gasteiger charge is -1.97. The molecule has 0 bridgehead atoms.